The van der Waals surface area contributed by atoms with Crippen LogP contribution in [-0.4, -0.2) is 25.0 Å². The minimum Gasteiger partial charge on any atom is -0.462 e. The molecule has 0 aromatic heterocycles. The van der Waals surface area contributed by atoms with Gasteiger partial charge in [0.1, 0.15) is 0 Å². The average molecular weight is 213 g/mol. The van der Waals surface area contributed by atoms with Crippen LogP contribution in [0.25, 0.3) is 0 Å². The minimum atomic E-state index is -0.808. The summed E-state index contributed by atoms with van der Waals surface area (Å²) in [5.41, 5.74) is 0. The molecule has 1 rings (SSSR count). The number of nitrogens with one attached hydrogen (secondary N) is 1. The van der Waals surface area contributed by atoms with Gasteiger partial charge in [-0.05, 0) is 25.7 Å². The van der Waals surface area contributed by atoms with E-state index in [-0.39, 0.29) is 6.04 Å². The molecule has 1 N–H and O–H groups in total. The summed E-state index contributed by atoms with van der Waals surface area (Å²) in [6, 6.07) is 0.0666. The molecule has 0 aliphatic heterocycles. The van der Waals surface area contributed by atoms with Gasteiger partial charge in [-0.2, -0.15) is 0 Å². The standard InChI is InChI=1S/C11H19NO3/c1-8(9-6-4-3-5-7-9)12-10(13)11(14)15-2/h8-9H,3-7H2,1-2H3,(H,12,13). The zero-order chi connectivity index (χ0) is 11.3. The van der Waals surface area contributed by atoms with Crippen molar-refractivity contribution in [2.45, 2.75) is 45.1 Å². The van der Waals surface area contributed by atoms with E-state index in [9.17, 15) is 9.59 Å². The number of amides is 1. The van der Waals surface area contributed by atoms with Crippen LogP contribution < -0.4 is 5.32 Å². The summed E-state index contributed by atoms with van der Waals surface area (Å²) < 4.78 is 4.35. The SMILES string of the molecule is COC(=O)C(=O)NC(C)C1CCCCC1. The third-order valence-corrected chi connectivity index (χ3v) is 3.09. The van der Waals surface area contributed by atoms with Crippen LogP contribution in [0.4, 0.5) is 0 Å². The molecule has 4 nitrogen and oxygen atoms in total. The van der Waals surface area contributed by atoms with Gasteiger partial charge >= 0.3 is 11.9 Å². The molecule has 1 amide bonds. The molecule has 4 heteroatoms. The highest BCUT2D eigenvalue weighted by Gasteiger charge is 2.23. The number of hydrogen-bond donors (Lipinski definition) is 1. The topological polar surface area (TPSA) is 55.4 Å². The maximum atomic E-state index is 11.2. The van der Waals surface area contributed by atoms with Crippen LogP contribution >= 0.6 is 0 Å². The number of carbonyl (C=O) groups is 2. The molecule has 0 radical (unpaired) electrons. The Morgan fingerprint density at radius 2 is 1.87 bits per heavy atom. The molecule has 0 aromatic rings. The first kappa shape index (κ1) is 12.0. The molecule has 86 valence electrons. The summed E-state index contributed by atoms with van der Waals surface area (Å²) in [6.07, 6.45) is 6.02. The largest absolute Gasteiger partial charge is 0.462 e. The van der Waals surface area contributed by atoms with E-state index >= 15 is 0 Å². The van der Waals surface area contributed by atoms with Gasteiger partial charge in [-0.3, -0.25) is 4.79 Å². The summed E-state index contributed by atoms with van der Waals surface area (Å²) in [5, 5.41) is 2.69. The fourth-order valence-electron chi connectivity index (χ4n) is 2.11. The number of esters is 1. The number of hydrogen-bond acceptors (Lipinski definition) is 3. The normalized spacial score (nSPS) is 19.3. The molecule has 1 aliphatic carbocycles. The molecule has 1 atom stereocenters. The average Bonchev–Trinajstić information content (AvgIpc) is 2.29. The molecule has 15 heavy (non-hydrogen) atoms. The quantitative estimate of drug-likeness (QED) is 0.554. The number of carbonyl (C=O) groups excluding carboxylic acids is 2. The molecular formula is C11H19NO3. The first-order chi connectivity index (χ1) is 7.15. The number of rotatable bonds is 2. The van der Waals surface area contributed by atoms with Gasteiger partial charge < -0.3 is 10.1 Å². The molecule has 0 heterocycles. The van der Waals surface area contributed by atoms with Crippen molar-refractivity contribution in [3.8, 4) is 0 Å². The van der Waals surface area contributed by atoms with Crippen LogP contribution in [0, 0.1) is 5.92 Å². The van der Waals surface area contributed by atoms with E-state index < -0.39 is 11.9 Å². The molecule has 0 aromatic carbocycles. The molecule has 1 unspecified atom stereocenters. The van der Waals surface area contributed by atoms with Crippen LogP contribution in [0.1, 0.15) is 39.0 Å². The third-order valence-electron chi connectivity index (χ3n) is 3.09. The zero-order valence-corrected chi connectivity index (χ0v) is 9.41. The van der Waals surface area contributed by atoms with E-state index in [0.717, 1.165) is 12.8 Å². The fraction of sp³-hybridized carbons (Fsp3) is 0.818. The van der Waals surface area contributed by atoms with Crippen molar-refractivity contribution in [1.29, 1.82) is 0 Å². The smallest absolute Gasteiger partial charge is 0.396 e. The second-order valence-corrected chi connectivity index (χ2v) is 4.15. The van der Waals surface area contributed by atoms with Crippen LogP contribution in [0.3, 0.4) is 0 Å². The Balaban J connectivity index is 2.36. The second kappa shape index (κ2) is 5.73. The lowest BCUT2D eigenvalue weighted by molar-refractivity contribution is -0.153. The third kappa shape index (κ3) is 3.53. The van der Waals surface area contributed by atoms with E-state index in [4.69, 9.17) is 0 Å². The Labute approximate surface area is 90.4 Å². The fourth-order valence-corrected chi connectivity index (χ4v) is 2.11. The van der Waals surface area contributed by atoms with Gasteiger partial charge in [0.2, 0.25) is 0 Å². The Kier molecular flexibility index (Phi) is 4.59. The van der Waals surface area contributed by atoms with Gasteiger partial charge in [0.25, 0.3) is 0 Å². The maximum absolute atomic E-state index is 11.2. The molecule has 1 saturated carbocycles. The zero-order valence-electron chi connectivity index (χ0n) is 9.41. The van der Waals surface area contributed by atoms with Crippen molar-refractivity contribution < 1.29 is 14.3 Å². The van der Waals surface area contributed by atoms with Crippen molar-refractivity contribution in [2.24, 2.45) is 5.92 Å². The van der Waals surface area contributed by atoms with Crippen molar-refractivity contribution >= 4 is 11.9 Å². The van der Waals surface area contributed by atoms with E-state index in [0.29, 0.717) is 5.92 Å². The number of ether oxygens (including phenoxy) is 1. The van der Waals surface area contributed by atoms with Gasteiger partial charge in [-0.25, -0.2) is 4.79 Å². The highest BCUT2D eigenvalue weighted by Crippen LogP contribution is 2.26. The Bertz CT molecular complexity index is 234. The molecular weight excluding hydrogens is 194 g/mol. The van der Waals surface area contributed by atoms with E-state index in [1.807, 2.05) is 6.92 Å². The van der Waals surface area contributed by atoms with Crippen LogP contribution in [-0.2, 0) is 14.3 Å². The Morgan fingerprint density at radius 1 is 1.27 bits per heavy atom. The predicted octanol–water partition coefficient (Wildman–Crippen LogP) is 1.24. The highest BCUT2D eigenvalue weighted by atomic mass is 16.5. The van der Waals surface area contributed by atoms with Crippen LogP contribution in [0.5, 0.6) is 0 Å². The van der Waals surface area contributed by atoms with Gasteiger partial charge in [-0.1, -0.05) is 19.3 Å². The molecule has 1 aliphatic rings. The van der Waals surface area contributed by atoms with Crippen LogP contribution in [0.15, 0.2) is 0 Å². The molecule has 0 saturated heterocycles. The molecule has 1 fully saturated rings. The lowest BCUT2D eigenvalue weighted by Crippen LogP contribution is -2.42. The summed E-state index contributed by atoms with van der Waals surface area (Å²) >= 11 is 0. The summed E-state index contributed by atoms with van der Waals surface area (Å²) in [7, 11) is 1.22. The molecule has 0 spiro atoms. The van der Waals surface area contributed by atoms with Crippen molar-refractivity contribution in [1.82, 2.24) is 5.32 Å². The van der Waals surface area contributed by atoms with E-state index in [1.165, 1.54) is 26.4 Å². The maximum Gasteiger partial charge on any atom is 0.396 e. The highest BCUT2D eigenvalue weighted by molar-refractivity contribution is 6.32. The van der Waals surface area contributed by atoms with Gasteiger partial charge in [0, 0.05) is 6.04 Å². The first-order valence-corrected chi connectivity index (χ1v) is 5.54. The van der Waals surface area contributed by atoms with Gasteiger partial charge in [0.15, 0.2) is 0 Å². The van der Waals surface area contributed by atoms with Crippen LogP contribution in [0.2, 0.25) is 0 Å². The van der Waals surface area contributed by atoms with Gasteiger partial charge in [-0.15, -0.1) is 0 Å². The minimum absolute atomic E-state index is 0.0666. The predicted molar refractivity (Wildman–Crippen MR) is 56.2 cm³/mol. The van der Waals surface area contributed by atoms with E-state index in [2.05, 4.69) is 10.1 Å². The second-order valence-electron chi connectivity index (χ2n) is 4.15. The lowest BCUT2D eigenvalue weighted by Gasteiger charge is -2.27. The number of methoxy groups -OCH3 is 1. The summed E-state index contributed by atoms with van der Waals surface area (Å²) in [6.45, 7) is 1.96. The Morgan fingerprint density at radius 3 is 2.40 bits per heavy atom. The molecule has 0 bridgehead atoms. The van der Waals surface area contributed by atoms with Crippen molar-refractivity contribution in [3.05, 3.63) is 0 Å². The summed E-state index contributed by atoms with van der Waals surface area (Å²) in [4.78, 5) is 22.1. The van der Waals surface area contributed by atoms with Crippen molar-refractivity contribution in [3.63, 3.8) is 0 Å². The summed E-state index contributed by atoms with van der Waals surface area (Å²) in [5.74, 6) is -0.930. The Hall–Kier alpha value is -1.06. The van der Waals surface area contributed by atoms with Gasteiger partial charge in [0.05, 0.1) is 7.11 Å². The first-order valence-electron chi connectivity index (χ1n) is 5.54. The van der Waals surface area contributed by atoms with Crippen molar-refractivity contribution in [2.75, 3.05) is 7.11 Å². The van der Waals surface area contributed by atoms with E-state index in [1.54, 1.807) is 0 Å². The lowest BCUT2D eigenvalue weighted by atomic mass is 9.84. The monoisotopic (exact) mass is 213 g/mol.